The van der Waals surface area contributed by atoms with E-state index < -0.39 is 41.3 Å². The summed E-state index contributed by atoms with van der Waals surface area (Å²) < 4.78 is 0. The fourth-order valence-electron chi connectivity index (χ4n) is 3.18. The highest BCUT2D eigenvalue weighted by Crippen LogP contribution is 2.26. The minimum atomic E-state index is -1.02. The highest BCUT2D eigenvalue weighted by Gasteiger charge is 2.42. The normalized spacial score (nSPS) is 18.2. The topological polar surface area (TPSA) is 125 Å². The molecular formula is C20H30N4O5. The Balaban J connectivity index is 2.99. The number of hydrogen-bond acceptors (Lipinski definition) is 5. The minimum absolute atomic E-state index is 0.142. The van der Waals surface area contributed by atoms with E-state index in [1.54, 1.807) is 0 Å². The van der Waals surface area contributed by atoms with Crippen LogP contribution in [0.4, 0.5) is 4.79 Å². The van der Waals surface area contributed by atoms with E-state index in [1.807, 2.05) is 20.8 Å². The van der Waals surface area contributed by atoms with Gasteiger partial charge in [0.15, 0.2) is 6.29 Å². The smallest absolute Gasteiger partial charge is 0.315 e. The van der Waals surface area contributed by atoms with Crippen LogP contribution in [0.3, 0.4) is 0 Å². The lowest BCUT2D eigenvalue weighted by molar-refractivity contribution is -0.142. The zero-order valence-corrected chi connectivity index (χ0v) is 17.4. The van der Waals surface area contributed by atoms with Crippen molar-refractivity contribution in [3.05, 3.63) is 0 Å². The molecule has 0 aromatic rings. The molecule has 9 heteroatoms. The van der Waals surface area contributed by atoms with Crippen LogP contribution in [-0.2, 0) is 19.2 Å². The lowest BCUT2D eigenvalue weighted by Gasteiger charge is -2.35. The van der Waals surface area contributed by atoms with Crippen LogP contribution in [0.15, 0.2) is 0 Å². The van der Waals surface area contributed by atoms with E-state index >= 15 is 0 Å². The Hall–Kier alpha value is -2.89. The molecule has 4 amide bonds. The van der Waals surface area contributed by atoms with Crippen molar-refractivity contribution < 1.29 is 24.0 Å². The SMILES string of the molecule is C#CCCC(NC(=O)C1CCCN1C(=O)C(NC(=O)NC)C(C)(C)C)C(=O)C=O. The molecule has 0 aliphatic carbocycles. The number of nitrogens with one attached hydrogen (secondary N) is 3. The van der Waals surface area contributed by atoms with Crippen LogP contribution in [-0.4, -0.2) is 66.5 Å². The number of aldehydes is 1. The van der Waals surface area contributed by atoms with Crippen LogP contribution in [0.5, 0.6) is 0 Å². The number of amides is 4. The number of nitrogens with zero attached hydrogens (tertiary/aromatic N) is 1. The number of urea groups is 1. The molecule has 0 radical (unpaired) electrons. The Morgan fingerprint density at radius 3 is 2.41 bits per heavy atom. The highest BCUT2D eigenvalue weighted by atomic mass is 16.2. The molecule has 1 aliphatic rings. The van der Waals surface area contributed by atoms with Gasteiger partial charge in [-0.1, -0.05) is 20.8 Å². The molecule has 1 aliphatic heterocycles. The van der Waals surface area contributed by atoms with Gasteiger partial charge in [0.1, 0.15) is 12.1 Å². The maximum atomic E-state index is 13.2. The predicted molar refractivity (Wildman–Crippen MR) is 107 cm³/mol. The molecule has 0 aromatic carbocycles. The molecule has 1 heterocycles. The number of hydrogen-bond donors (Lipinski definition) is 3. The quantitative estimate of drug-likeness (QED) is 0.297. The van der Waals surface area contributed by atoms with Crippen LogP contribution < -0.4 is 16.0 Å². The van der Waals surface area contributed by atoms with Crippen molar-refractivity contribution >= 4 is 29.9 Å². The molecule has 0 bridgehead atoms. The van der Waals surface area contributed by atoms with Gasteiger partial charge in [0.2, 0.25) is 17.6 Å². The Kier molecular flexibility index (Phi) is 8.83. The Labute approximate surface area is 171 Å². The summed E-state index contributed by atoms with van der Waals surface area (Å²) in [6.45, 7) is 5.80. The average Bonchev–Trinajstić information content (AvgIpc) is 3.16. The van der Waals surface area contributed by atoms with Gasteiger partial charge in [-0.2, -0.15) is 0 Å². The van der Waals surface area contributed by atoms with Crippen molar-refractivity contribution in [2.75, 3.05) is 13.6 Å². The van der Waals surface area contributed by atoms with Crippen molar-refractivity contribution in [3.63, 3.8) is 0 Å². The van der Waals surface area contributed by atoms with E-state index in [1.165, 1.54) is 11.9 Å². The second kappa shape index (κ2) is 10.6. The standard InChI is InChI=1S/C20H30N4O5/c1-6-7-9-13(15(26)12-25)22-17(27)14-10-8-11-24(14)18(28)16(20(2,3)4)23-19(29)21-5/h1,12-14,16H,7-11H2,2-5H3,(H,22,27)(H2,21,23,29). The minimum Gasteiger partial charge on any atom is -0.344 e. The summed E-state index contributed by atoms with van der Waals surface area (Å²) in [7, 11) is 1.45. The third kappa shape index (κ3) is 6.59. The van der Waals surface area contributed by atoms with Crippen LogP contribution in [0.2, 0.25) is 0 Å². The molecule has 0 saturated carbocycles. The number of Topliss-reactive ketones (excluding diaryl/α,β-unsaturated/α-hetero) is 1. The number of terminal acetylenes is 1. The number of likely N-dealkylation sites (tertiary alicyclic amines) is 1. The summed E-state index contributed by atoms with van der Waals surface area (Å²) in [5, 5.41) is 7.62. The van der Waals surface area contributed by atoms with Crippen LogP contribution in [0, 0.1) is 17.8 Å². The molecule has 29 heavy (non-hydrogen) atoms. The molecule has 1 saturated heterocycles. The van der Waals surface area contributed by atoms with Gasteiger partial charge >= 0.3 is 6.03 Å². The Morgan fingerprint density at radius 2 is 1.90 bits per heavy atom. The molecule has 9 nitrogen and oxygen atoms in total. The zero-order chi connectivity index (χ0) is 22.2. The summed E-state index contributed by atoms with van der Waals surface area (Å²) in [5.74, 6) is 0.719. The second-order valence-corrected chi connectivity index (χ2v) is 8.04. The van der Waals surface area contributed by atoms with E-state index in [0.717, 1.165) is 0 Å². The van der Waals surface area contributed by atoms with E-state index in [9.17, 15) is 24.0 Å². The third-order valence-corrected chi connectivity index (χ3v) is 4.81. The van der Waals surface area contributed by atoms with E-state index in [4.69, 9.17) is 6.42 Å². The summed E-state index contributed by atoms with van der Waals surface area (Å²) >= 11 is 0. The van der Waals surface area contributed by atoms with E-state index in [0.29, 0.717) is 19.4 Å². The molecular weight excluding hydrogens is 376 g/mol. The first-order valence-corrected chi connectivity index (χ1v) is 9.58. The summed E-state index contributed by atoms with van der Waals surface area (Å²) in [4.78, 5) is 61.8. The third-order valence-electron chi connectivity index (χ3n) is 4.81. The Morgan fingerprint density at radius 1 is 1.24 bits per heavy atom. The second-order valence-electron chi connectivity index (χ2n) is 8.04. The largest absolute Gasteiger partial charge is 0.344 e. The van der Waals surface area contributed by atoms with Gasteiger partial charge < -0.3 is 20.9 Å². The molecule has 1 rings (SSSR count). The van der Waals surface area contributed by atoms with Gasteiger partial charge in [-0.05, 0) is 24.7 Å². The first-order valence-electron chi connectivity index (χ1n) is 9.58. The fourth-order valence-corrected chi connectivity index (χ4v) is 3.18. The first kappa shape index (κ1) is 24.1. The van der Waals surface area contributed by atoms with Crippen molar-refractivity contribution in [2.24, 2.45) is 5.41 Å². The monoisotopic (exact) mass is 406 g/mol. The first-order chi connectivity index (χ1) is 13.6. The van der Waals surface area contributed by atoms with Crippen LogP contribution in [0.25, 0.3) is 0 Å². The van der Waals surface area contributed by atoms with Crippen molar-refractivity contribution in [1.29, 1.82) is 0 Å². The maximum absolute atomic E-state index is 13.2. The lowest BCUT2D eigenvalue weighted by Crippen LogP contribution is -2.59. The van der Waals surface area contributed by atoms with Gasteiger partial charge in [0, 0.05) is 20.0 Å². The molecule has 1 fully saturated rings. The molecule has 3 unspecified atom stereocenters. The molecule has 0 spiro atoms. The van der Waals surface area contributed by atoms with Gasteiger partial charge in [0.05, 0.1) is 6.04 Å². The molecule has 0 aromatic heterocycles. The number of carbonyl (C=O) groups excluding carboxylic acids is 5. The van der Waals surface area contributed by atoms with Gasteiger partial charge in [0.25, 0.3) is 0 Å². The number of carbonyl (C=O) groups is 5. The van der Waals surface area contributed by atoms with Crippen molar-refractivity contribution in [3.8, 4) is 12.3 Å². The number of ketones is 1. The van der Waals surface area contributed by atoms with E-state index in [2.05, 4.69) is 21.9 Å². The van der Waals surface area contributed by atoms with Gasteiger partial charge in [-0.15, -0.1) is 12.3 Å². The Bertz CT molecular complexity index is 692. The fraction of sp³-hybridized carbons (Fsp3) is 0.650. The predicted octanol–water partition coefficient (Wildman–Crippen LogP) is -0.0127. The van der Waals surface area contributed by atoms with Crippen molar-refractivity contribution in [2.45, 2.75) is 64.6 Å². The number of rotatable bonds is 8. The zero-order valence-electron chi connectivity index (χ0n) is 17.4. The molecule has 160 valence electrons. The van der Waals surface area contributed by atoms with Crippen LogP contribution >= 0.6 is 0 Å². The average molecular weight is 406 g/mol. The van der Waals surface area contributed by atoms with Gasteiger partial charge in [-0.25, -0.2) is 4.79 Å². The van der Waals surface area contributed by atoms with Gasteiger partial charge in [-0.3, -0.25) is 19.2 Å². The van der Waals surface area contributed by atoms with E-state index in [-0.39, 0.29) is 25.0 Å². The maximum Gasteiger partial charge on any atom is 0.315 e. The van der Waals surface area contributed by atoms with Crippen molar-refractivity contribution in [1.82, 2.24) is 20.9 Å². The summed E-state index contributed by atoms with van der Waals surface area (Å²) in [6.07, 6.45) is 6.75. The summed E-state index contributed by atoms with van der Waals surface area (Å²) in [5.41, 5.74) is -0.587. The molecule has 3 N–H and O–H groups in total. The molecule has 3 atom stereocenters. The summed E-state index contributed by atoms with van der Waals surface area (Å²) in [6, 6.07) is -3.14. The van der Waals surface area contributed by atoms with Crippen LogP contribution in [0.1, 0.15) is 46.5 Å². The lowest BCUT2D eigenvalue weighted by atomic mass is 9.85. The highest BCUT2D eigenvalue weighted by molar-refractivity contribution is 6.28.